The first kappa shape index (κ1) is 13.2. The Bertz CT molecular complexity index is 446. The molecular weight excluding hydrogens is 263 g/mol. The van der Waals surface area contributed by atoms with Crippen LogP contribution in [0.15, 0.2) is 18.2 Å². The molecule has 3 atom stereocenters. The monoisotopic (exact) mass is 282 g/mol. The molecule has 1 heterocycles. The molecule has 2 nitrogen and oxygen atoms in total. The molecule has 0 spiro atoms. The van der Waals surface area contributed by atoms with Gasteiger partial charge in [0.1, 0.15) is 5.82 Å². The van der Waals surface area contributed by atoms with Gasteiger partial charge in [-0.3, -0.25) is 0 Å². The van der Waals surface area contributed by atoms with Gasteiger partial charge < -0.3 is 10.6 Å². The number of hydrogen-bond donors (Lipinski definition) is 2. The van der Waals surface area contributed by atoms with Gasteiger partial charge in [0.2, 0.25) is 0 Å². The van der Waals surface area contributed by atoms with E-state index >= 15 is 0 Å². The third-order valence-corrected chi connectivity index (χ3v) is 4.78. The fraction of sp³-hybridized carbons (Fsp3) is 0.600. The minimum absolute atomic E-state index is 0.236. The Hall–Kier alpha value is -0.800. The lowest BCUT2D eigenvalue weighted by Gasteiger charge is -2.27. The Morgan fingerprint density at radius 1 is 1.21 bits per heavy atom. The van der Waals surface area contributed by atoms with Gasteiger partial charge in [0.15, 0.2) is 0 Å². The fourth-order valence-electron chi connectivity index (χ4n) is 3.53. The molecule has 1 aromatic carbocycles. The molecule has 1 aromatic rings. The van der Waals surface area contributed by atoms with Crippen LogP contribution in [0.3, 0.4) is 0 Å². The number of anilines is 1. The van der Waals surface area contributed by atoms with E-state index in [0.717, 1.165) is 18.7 Å². The second-order valence-corrected chi connectivity index (χ2v) is 6.08. The van der Waals surface area contributed by atoms with Crippen molar-refractivity contribution in [2.45, 2.75) is 44.2 Å². The van der Waals surface area contributed by atoms with Crippen LogP contribution >= 0.6 is 11.6 Å². The SMILES string of the molecule is Fc1ccc(Cl)c(NC2CCCC2C2CCCN2)c1. The Labute approximate surface area is 118 Å². The molecule has 3 unspecified atom stereocenters. The average molecular weight is 283 g/mol. The van der Waals surface area contributed by atoms with Crippen molar-refractivity contribution < 1.29 is 4.39 Å². The summed E-state index contributed by atoms with van der Waals surface area (Å²) in [5.74, 6) is 0.405. The molecule has 1 saturated heterocycles. The van der Waals surface area contributed by atoms with Gasteiger partial charge in [-0.25, -0.2) is 4.39 Å². The molecule has 1 aliphatic heterocycles. The van der Waals surface area contributed by atoms with Crippen molar-refractivity contribution >= 4 is 17.3 Å². The first-order chi connectivity index (χ1) is 9.24. The van der Waals surface area contributed by atoms with Gasteiger partial charge in [-0.15, -0.1) is 0 Å². The molecule has 0 radical (unpaired) electrons. The lowest BCUT2D eigenvalue weighted by Crippen LogP contribution is -2.38. The van der Waals surface area contributed by atoms with Gasteiger partial charge >= 0.3 is 0 Å². The highest BCUT2D eigenvalue weighted by Gasteiger charge is 2.35. The van der Waals surface area contributed by atoms with Gasteiger partial charge in [0.05, 0.1) is 10.7 Å². The van der Waals surface area contributed by atoms with Crippen LogP contribution in [0.4, 0.5) is 10.1 Å². The average Bonchev–Trinajstić information content (AvgIpc) is 3.03. The van der Waals surface area contributed by atoms with Crippen LogP contribution < -0.4 is 10.6 Å². The van der Waals surface area contributed by atoms with E-state index in [9.17, 15) is 4.39 Å². The second kappa shape index (κ2) is 5.68. The molecule has 0 aromatic heterocycles. The van der Waals surface area contributed by atoms with Gasteiger partial charge in [-0.05, 0) is 56.3 Å². The number of benzene rings is 1. The smallest absolute Gasteiger partial charge is 0.125 e. The topological polar surface area (TPSA) is 24.1 Å². The van der Waals surface area contributed by atoms with Crippen molar-refractivity contribution in [1.29, 1.82) is 0 Å². The third kappa shape index (κ3) is 2.87. The van der Waals surface area contributed by atoms with Crippen LogP contribution in [-0.4, -0.2) is 18.6 Å². The normalized spacial score (nSPS) is 30.7. The summed E-state index contributed by atoms with van der Waals surface area (Å²) in [5, 5.41) is 7.66. The molecule has 0 bridgehead atoms. The predicted molar refractivity (Wildman–Crippen MR) is 77.2 cm³/mol. The maximum absolute atomic E-state index is 13.3. The molecule has 104 valence electrons. The molecule has 4 heteroatoms. The zero-order valence-corrected chi connectivity index (χ0v) is 11.7. The highest BCUT2D eigenvalue weighted by atomic mass is 35.5. The molecule has 3 rings (SSSR count). The lowest BCUT2D eigenvalue weighted by molar-refractivity contribution is 0.376. The van der Waals surface area contributed by atoms with E-state index in [0.29, 0.717) is 23.0 Å². The molecule has 1 aliphatic carbocycles. The van der Waals surface area contributed by atoms with E-state index in [1.165, 1.54) is 37.8 Å². The van der Waals surface area contributed by atoms with E-state index in [2.05, 4.69) is 10.6 Å². The van der Waals surface area contributed by atoms with Gasteiger partial charge in [0, 0.05) is 12.1 Å². The Morgan fingerprint density at radius 3 is 2.89 bits per heavy atom. The van der Waals surface area contributed by atoms with Crippen LogP contribution in [0.5, 0.6) is 0 Å². The minimum Gasteiger partial charge on any atom is -0.381 e. The summed E-state index contributed by atoms with van der Waals surface area (Å²) in [6, 6.07) is 5.55. The number of rotatable bonds is 3. The molecule has 2 fully saturated rings. The van der Waals surface area contributed by atoms with E-state index in [1.54, 1.807) is 6.07 Å². The van der Waals surface area contributed by atoms with Crippen molar-refractivity contribution in [1.82, 2.24) is 5.32 Å². The highest BCUT2D eigenvalue weighted by molar-refractivity contribution is 6.33. The maximum atomic E-state index is 13.3. The van der Waals surface area contributed by atoms with Crippen LogP contribution in [0, 0.1) is 11.7 Å². The van der Waals surface area contributed by atoms with Crippen LogP contribution in [0.25, 0.3) is 0 Å². The summed E-state index contributed by atoms with van der Waals surface area (Å²) in [5.41, 5.74) is 0.733. The summed E-state index contributed by atoms with van der Waals surface area (Å²) in [7, 11) is 0. The van der Waals surface area contributed by atoms with Gasteiger partial charge in [-0.1, -0.05) is 18.0 Å². The van der Waals surface area contributed by atoms with Crippen molar-refractivity contribution in [3.63, 3.8) is 0 Å². The van der Waals surface area contributed by atoms with Crippen molar-refractivity contribution in [3.05, 3.63) is 29.0 Å². The Kier molecular flexibility index (Phi) is 3.94. The van der Waals surface area contributed by atoms with Gasteiger partial charge in [0.25, 0.3) is 0 Å². The third-order valence-electron chi connectivity index (χ3n) is 4.45. The Morgan fingerprint density at radius 2 is 2.11 bits per heavy atom. The van der Waals surface area contributed by atoms with E-state index < -0.39 is 0 Å². The predicted octanol–water partition coefficient (Wildman–Crippen LogP) is 3.81. The quantitative estimate of drug-likeness (QED) is 0.881. The summed E-state index contributed by atoms with van der Waals surface area (Å²) in [6.45, 7) is 1.13. The van der Waals surface area contributed by atoms with E-state index in [1.807, 2.05) is 0 Å². The number of nitrogens with one attached hydrogen (secondary N) is 2. The van der Waals surface area contributed by atoms with Crippen LogP contribution in [-0.2, 0) is 0 Å². The van der Waals surface area contributed by atoms with Crippen molar-refractivity contribution in [2.24, 2.45) is 5.92 Å². The fourth-order valence-corrected chi connectivity index (χ4v) is 3.71. The van der Waals surface area contributed by atoms with Crippen molar-refractivity contribution in [3.8, 4) is 0 Å². The molecular formula is C15H20ClFN2. The largest absolute Gasteiger partial charge is 0.381 e. The molecule has 2 aliphatic rings. The van der Waals surface area contributed by atoms with Crippen LogP contribution in [0.2, 0.25) is 5.02 Å². The highest BCUT2D eigenvalue weighted by Crippen LogP contribution is 2.35. The summed E-state index contributed by atoms with van der Waals surface area (Å²) in [4.78, 5) is 0. The lowest BCUT2D eigenvalue weighted by atomic mass is 9.93. The summed E-state index contributed by atoms with van der Waals surface area (Å²) < 4.78 is 13.3. The maximum Gasteiger partial charge on any atom is 0.125 e. The minimum atomic E-state index is -0.236. The van der Waals surface area contributed by atoms with Crippen LogP contribution in [0.1, 0.15) is 32.1 Å². The number of halogens is 2. The molecule has 19 heavy (non-hydrogen) atoms. The molecule has 2 N–H and O–H groups in total. The second-order valence-electron chi connectivity index (χ2n) is 5.67. The Balaban J connectivity index is 1.72. The first-order valence-electron chi connectivity index (χ1n) is 7.19. The first-order valence-corrected chi connectivity index (χ1v) is 7.57. The van der Waals surface area contributed by atoms with E-state index in [4.69, 9.17) is 11.6 Å². The zero-order chi connectivity index (χ0) is 13.2. The van der Waals surface area contributed by atoms with Gasteiger partial charge in [-0.2, -0.15) is 0 Å². The van der Waals surface area contributed by atoms with E-state index in [-0.39, 0.29) is 5.82 Å². The standard InChI is InChI=1S/C15H20ClFN2/c16-12-7-6-10(17)9-15(12)19-14-4-1-3-11(14)13-5-2-8-18-13/h6-7,9,11,13-14,18-19H,1-5,8H2. The summed E-state index contributed by atoms with van der Waals surface area (Å²) >= 11 is 6.14. The molecule has 1 saturated carbocycles. The van der Waals surface area contributed by atoms with Crippen molar-refractivity contribution in [2.75, 3.05) is 11.9 Å². The zero-order valence-electron chi connectivity index (χ0n) is 11.0. The summed E-state index contributed by atoms with van der Waals surface area (Å²) in [6.07, 6.45) is 6.18. The molecule has 0 amide bonds. The number of hydrogen-bond acceptors (Lipinski definition) is 2.